The van der Waals surface area contributed by atoms with E-state index in [1.54, 1.807) is 0 Å². The summed E-state index contributed by atoms with van der Waals surface area (Å²) in [6, 6.07) is 0. The van der Waals surface area contributed by atoms with Gasteiger partial charge in [-0.15, -0.1) is 0 Å². The molecule has 2 rings (SSSR count). The fourth-order valence-corrected chi connectivity index (χ4v) is 3.91. The Morgan fingerprint density at radius 2 is 1.82 bits per heavy atom. The number of nitrogens with zero attached hydrogens (tertiary/aromatic N) is 1. The molecule has 17 heavy (non-hydrogen) atoms. The molecule has 0 aromatic carbocycles. The van der Waals surface area contributed by atoms with Crippen molar-refractivity contribution in [2.75, 3.05) is 26.2 Å². The quantitative estimate of drug-likeness (QED) is 0.810. The molecule has 2 fully saturated rings. The summed E-state index contributed by atoms with van der Waals surface area (Å²) in [4.78, 5) is 2.70. The summed E-state index contributed by atoms with van der Waals surface area (Å²) in [6.07, 6.45) is 7.42. The molecular formula is C15H30N2. The predicted molar refractivity (Wildman–Crippen MR) is 74.3 cm³/mol. The van der Waals surface area contributed by atoms with Crippen LogP contribution in [0, 0.1) is 11.8 Å². The van der Waals surface area contributed by atoms with E-state index in [0.717, 1.165) is 18.4 Å². The van der Waals surface area contributed by atoms with Gasteiger partial charge in [-0.3, -0.25) is 0 Å². The van der Waals surface area contributed by atoms with Gasteiger partial charge in [0, 0.05) is 18.6 Å². The molecule has 1 aliphatic heterocycles. The molecule has 0 bridgehead atoms. The van der Waals surface area contributed by atoms with Crippen LogP contribution in [0.2, 0.25) is 0 Å². The molecule has 1 N–H and O–H groups in total. The summed E-state index contributed by atoms with van der Waals surface area (Å²) < 4.78 is 0. The van der Waals surface area contributed by atoms with Crippen molar-refractivity contribution in [3.8, 4) is 0 Å². The maximum absolute atomic E-state index is 3.60. The van der Waals surface area contributed by atoms with Gasteiger partial charge in [0.15, 0.2) is 0 Å². The number of likely N-dealkylation sites (tertiary alicyclic amines) is 1. The Labute approximate surface area is 107 Å². The van der Waals surface area contributed by atoms with Crippen molar-refractivity contribution in [1.29, 1.82) is 0 Å². The van der Waals surface area contributed by atoms with Crippen LogP contribution >= 0.6 is 0 Å². The zero-order valence-corrected chi connectivity index (χ0v) is 12.0. The molecule has 0 amide bonds. The molecule has 0 spiro atoms. The lowest BCUT2D eigenvalue weighted by Gasteiger charge is -2.44. The van der Waals surface area contributed by atoms with Crippen LogP contribution in [0.15, 0.2) is 0 Å². The van der Waals surface area contributed by atoms with Gasteiger partial charge in [0.25, 0.3) is 0 Å². The molecule has 100 valence electrons. The van der Waals surface area contributed by atoms with Crippen molar-refractivity contribution in [1.82, 2.24) is 10.2 Å². The Morgan fingerprint density at radius 3 is 2.53 bits per heavy atom. The molecule has 1 saturated heterocycles. The van der Waals surface area contributed by atoms with E-state index in [9.17, 15) is 0 Å². The van der Waals surface area contributed by atoms with Gasteiger partial charge in [0.1, 0.15) is 0 Å². The smallest absolute Gasteiger partial charge is 0.0252 e. The van der Waals surface area contributed by atoms with Crippen LogP contribution < -0.4 is 5.32 Å². The minimum Gasteiger partial charge on any atom is -0.311 e. The number of nitrogens with one attached hydrogen (secondary N) is 1. The van der Waals surface area contributed by atoms with Gasteiger partial charge in [0.05, 0.1) is 0 Å². The topological polar surface area (TPSA) is 15.3 Å². The van der Waals surface area contributed by atoms with Crippen LogP contribution in [0.5, 0.6) is 0 Å². The van der Waals surface area contributed by atoms with Crippen LogP contribution in [0.1, 0.15) is 52.9 Å². The second kappa shape index (κ2) is 5.71. The molecule has 0 aromatic heterocycles. The van der Waals surface area contributed by atoms with Gasteiger partial charge in [-0.2, -0.15) is 0 Å². The first-order chi connectivity index (χ1) is 8.11. The van der Waals surface area contributed by atoms with Gasteiger partial charge in [-0.1, -0.05) is 26.2 Å². The number of hydrogen-bond donors (Lipinski definition) is 1. The maximum Gasteiger partial charge on any atom is 0.0252 e. The first-order valence-corrected chi connectivity index (χ1v) is 7.58. The third-order valence-corrected chi connectivity index (χ3v) is 4.65. The summed E-state index contributed by atoms with van der Waals surface area (Å²) >= 11 is 0. The first-order valence-electron chi connectivity index (χ1n) is 7.58. The second-order valence-electron chi connectivity index (χ2n) is 6.74. The molecule has 1 saturated carbocycles. The second-order valence-corrected chi connectivity index (χ2v) is 6.74. The van der Waals surface area contributed by atoms with E-state index in [2.05, 4.69) is 31.0 Å². The zero-order valence-electron chi connectivity index (χ0n) is 12.0. The molecule has 2 nitrogen and oxygen atoms in total. The van der Waals surface area contributed by atoms with Crippen molar-refractivity contribution in [3.63, 3.8) is 0 Å². The molecule has 2 atom stereocenters. The predicted octanol–water partition coefficient (Wildman–Crippen LogP) is 2.89. The summed E-state index contributed by atoms with van der Waals surface area (Å²) in [6.45, 7) is 11.9. The van der Waals surface area contributed by atoms with E-state index < -0.39 is 0 Å². The highest BCUT2D eigenvalue weighted by Gasteiger charge is 2.32. The molecule has 2 heteroatoms. The van der Waals surface area contributed by atoms with Crippen LogP contribution in [0.25, 0.3) is 0 Å². The van der Waals surface area contributed by atoms with Crippen LogP contribution in [0.3, 0.4) is 0 Å². The Morgan fingerprint density at radius 1 is 1.12 bits per heavy atom. The van der Waals surface area contributed by atoms with E-state index in [1.165, 1.54) is 51.7 Å². The molecule has 2 unspecified atom stereocenters. The SMILES string of the molecule is CCNC(C)(C)CN1CCC2CCCCC2C1. The fraction of sp³-hybridized carbons (Fsp3) is 1.00. The van der Waals surface area contributed by atoms with E-state index >= 15 is 0 Å². The third kappa shape index (κ3) is 3.69. The average molecular weight is 238 g/mol. The van der Waals surface area contributed by atoms with Gasteiger partial charge in [-0.05, 0) is 51.6 Å². The lowest BCUT2D eigenvalue weighted by atomic mass is 9.75. The number of piperidine rings is 1. The molecule has 0 aromatic rings. The van der Waals surface area contributed by atoms with Crippen molar-refractivity contribution in [3.05, 3.63) is 0 Å². The minimum atomic E-state index is 0.274. The normalized spacial score (nSPS) is 31.2. The largest absolute Gasteiger partial charge is 0.311 e. The average Bonchev–Trinajstić information content (AvgIpc) is 2.28. The minimum absolute atomic E-state index is 0.274. The Hall–Kier alpha value is -0.0800. The maximum atomic E-state index is 3.60. The highest BCUT2D eigenvalue weighted by atomic mass is 15.2. The Balaban J connectivity index is 1.83. The lowest BCUT2D eigenvalue weighted by molar-refractivity contribution is 0.0696. The number of hydrogen-bond acceptors (Lipinski definition) is 2. The van der Waals surface area contributed by atoms with Crippen molar-refractivity contribution < 1.29 is 0 Å². The highest BCUT2D eigenvalue weighted by Crippen LogP contribution is 2.36. The fourth-order valence-electron chi connectivity index (χ4n) is 3.91. The molecule has 2 aliphatic rings. The highest BCUT2D eigenvalue weighted by molar-refractivity contribution is 4.88. The number of rotatable bonds is 4. The van der Waals surface area contributed by atoms with Crippen molar-refractivity contribution >= 4 is 0 Å². The first kappa shape index (κ1) is 13.4. The summed E-state index contributed by atoms with van der Waals surface area (Å²) in [5.41, 5.74) is 0.274. The van der Waals surface area contributed by atoms with E-state index in [-0.39, 0.29) is 5.54 Å². The standard InChI is InChI=1S/C15H30N2/c1-4-16-15(2,3)12-17-10-9-13-7-5-6-8-14(13)11-17/h13-14,16H,4-12H2,1-3H3. The molecule has 0 radical (unpaired) electrons. The van der Waals surface area contributed by atoms with Crippen LogP contribution in [0.4, 0.5) is 0 Å². The number of likely N-dealkylation sites (N-methyl/N-ethyl adjacent to an activating group) is 1. The van der Waals surface area contributed by atoms with E-state index in [0.29, 0.717) is 0 Å². The van der Waals surface area contributed by atoms with Crippen molar-refractivity contribution in [2.45, 2.75) is 58.4 Å². The van der Waals surface area contributed by atoms with Gasteiger partial charge < -0.3 is 10.2 Å². The summed E-state index contributed by atoms with van der Waals surface area (Å²) in [7, 11) is 0. The summed E-state index contributed by atoms with van der Waals surface area (Å²) in [5.74, 6) is 2.07. The molecule has 1 aliphatic carbocycles. The summed E-state index contributed by atoms with van der Waals surface area (Å²) in [5, 5.41) is 3.60. The van der Waals surface area contributed by atoms with E-state index in [4.69, 9.17) is 0 Å². The monoisotopic (exact) mass is 238 g/mol. The Kier molecular flexibility index (Phi) is 4.48. The van der Waals surface area contributed by atoms with E-state index in [1.807, 2.05) is 0 Å². The van der Waals surface area contributed by atoms with Gasteiger partial charge in [0.2, 0.25) is 0 Å². The van der Waals surface area contributed by atoms with Crippen LogP contribution in [-0.2, 0) is 0 Å². The zero-order chi connectivity index (χ0) is 12.3. The van der Waals surface area contributed by atoms with Gasteiger partial charge >= 0.3 is 0 Å². The number of fused-ring (bicyclic) bond motifs is 1. The molecular weight excluding hydrogens is 208 g/mol. The lowest BCUT2D eigenvalue weighted by Crippen LogP contribution is -2.52. The Bertz CT molecular complexity index is 237. The van der Waals surface area contributed by atoms with Crippen molar-refractivity contribution in [2.24, 2.45) is 11.8 Å². The van der Waals surface area contributed by atoms with Gasteiger partial charge in [-0.25, -0.2) is 0 Å². The third-order valence-electron chi connectivity index (χ3n) is 4.65. The molecule has 1 heterocycles. The van der Waals surface area contributed by atoms with Crippen LogP contribution in [-0.4, -0.2) is 36.6 Å².